The highest BCUT2D eigenvalue weighted by Crippen LogP contribution is 2.28. The predicted octanol–water partition coefficient (Wildman–Crippen LogP) is -1.14. The van der Waals surface area contributed by atoms with Gasteiger partial charge in [0.15, 0.2) is 12.6 Å². The third-order valence-corrected chi connectivity index (χ3v) is 6.85. The lowest BCUT2D eigenvalue weighted by molar-refractivity contribution is -0.371. The summed E-state index contributed by atoms with van der Waals surface area (Å²) in [4.78, 5) is 4.26. The molecular weight excluding hydrogens is 474 g/mol. The third-order valence-electron chi connectivity index (χ3n) is 6.85. The highest BCUT2D eigenvalue weighted by atomic mass is 16.8. The number of amidine groups is 1. The van der Waals surface area contributed by atoms with Gasteiger partial charge in [0.05, 0.1) is 12.4 Å². The Hall–Kier alpha value is -0.930. The molecule has 0 aromatic heterocycles. The molecule has 12 nitrogen and oxygen atoms in total. The molecule has 12 heteroatoms. The van der Waals surface area contributed by atoms with E-state index in [2.05, 4.69) is 11.9 Å². The smallest absolute Gasteiger partial charge is 0.189 e. The van der Waals surface area contributed by atoms with Crippen molar-refractivity contribution in [1.82, 2.24) is 0 Å². The van der Waals surface area contributed by atoms with Crippen LogP contribution in [0.4, 0.5) is 0 Å². The SMILES string of the molecule is CCCCCCCCCCCC(N)=NC[C@H]1OC(O[C@H]2O[C@H](CN)[C@@H](O)[C@H](O)[C@H]2O)[C@H](O)[C@@H](O)[C@@H]1O. The zero-order chi connectivity index (χ0) is 26.7. The molecule has 2 heterocycles. The number of hydrogen-bond acceptors (Lipinski definition) is 11. The Bertz CT molecular complexity index is 642. The fraction of sp³-hybridized carbons (Fsp3) is 0.958. The molecule has 2 rings (SSSR count). The van der Waals surface area contributed by atoms with Crippen LogP contribution >= 0.6 is 0 Å². The number of nitrogens with two attached hydrogens (primary N) is 2. The molecule has 0 spiro atoms. The number of nitrogens with zero attached hydrogens (tertiary/aromatic N) is 1. The van der Waals surface area contributed by atoms with Crippen LogP contribution < -0.4 is 11.5 Å². The Labute approximate surface area is 213 Å². The van der Waals surface area contributed by atoms with Crippen molar-refractivity contribution in [2.75, 3.05) is 13.1 Å². The highest BCUT2D eigenvalue weighted by molar-refractivity contribution is 5.80. The van der Waals surface area contributed by atoms with Crippen LogP contribution in [0.1, 0.15) is 71.1 Å². The van der Waals surface area contributed by atoms with Crippen LogP contribution in [-0.2, 0) is 14.2 Å². The summed E-state index contributed by atoms with van der Waals surface area (Å²) in [5, 5.41) is 61.1. The van der Waals surface area contributed by atoms with Gasteiger partial charge in [-0.05, 0) is 6.42 Å². The van der Waals surface area contributed by atoms with E-state index >= 15 is 0 Å². The largest absolute Gasteiger partial charge is 0.388 e. The molecule has 0 aromatic rings. The maximum atomic E-state index is 10.3. The zero-order valence-corrected chi connectivity index (χ0v) is 21.3. The maximum Gasteiger partial charge on any atom is 0.189 e. The summed E-state index contributed by atoms with van der Waals surface area (Å²) in [7, 11) is 0. The number of aliphatic imine (C=N–C) groups is 1. The summed E-state index contributed by atoms with van der Waals surface area (Å²) in [5.74, 6) is 0.403. The van der Waals surface area contributed by atoms with Crippen LogP contribution in [-0.4, -0.2) is 111 Å². The van der Waals surface area contributed by atoms with Gasteiger partial charge in [-0.25, -0.2) is 0 Å². The van der Waals surface area contributed by atoms with Crippen molar-refractivity contribution in [3.63, 3.8) is 0 Å². The molecule has 212 valence electrons. The number of hydrogen-bond donors (Lipinski definition) is 8. The summed E-state index contributed by atoms with van der Waals surface area (Å²) >= 11 is 0. The van der Waals surface area contributed by atoms with Gasteiger partial charge in [-0.15, -0.1) is 0 Å². The first-order valence-electron chi connectivity index (χ1n) is 13.2. The number of unbranched alkanes of at least 4 members (excludes halogenated alkanes) is 8. The minimum absolute atomic E-state index is 0.0745. The van der Waals surface area contributed by atoms with E-state index in [9.17, 15) is 30.6 Å². The van der Waals surface area contributed by atoms with Gasteiger partial charge in [0.25, 0.3) is 0 Å². The second-order valence-electron chi connectivity index (χ2n) is 9.81. The molecule has 10 atom stereocenters. The lowest BCUT2D eigenvalue weighted by Gasteiger charge is -2.44. The van der Waals surface area contributed by atoms with Gasteiger partial charge in [0, 0.05) is 13.0 Å². The van der Waals surface area contributed by atoms with Gasteiger partial charge in [0.2, 0.25) is 0 Å². The summed E-state index contributed by atoms with van der Waals surface area (Å²) in [6.45, 7) is 1.98. The summed E-state index contributed by atoms with van der Waals surface area (Å²) in [6, 6.07) is 0. The second kappa shape index (κ2) is 16.1. The van der Waals surface area contributed by atoms with Crippen LogP contribution in [0.15, 0.2) is 4.99 Å². The van der Waals surface area contributed by atoms with E-state index in [1.54, 1.807) is 0 Å². The van der Waals surface area contributed by atoms with Gasteiger partial charge in [-0.1, -0.05) is 58.3 Å². The first-order chi connectivity index (χ1) is 17.2. The van der Waals surface area contributed by atoms with Crippen molar-refractivity contribution in [2.24, 2.45) is 16.5 Å². The standard InChI is InChI=1S/C24H47N3O9/c1-2-3-4-5-6-7-8-9-10-11-16(26)27-13-15-18(29)20(31)22(33)24(35-15)36-23-21(32)19(30)17(28)14(12-25)34-23/h14-15,17-24,28-33H,2-13,25H2,1H3,(H2,26,27)/t14-,15-,17-,18-,19+,20+,21-,22-,23-,24?/m1/s1. The Morgan fingerprint density at radius 2 is 1.17 bits per heavy atom. The molecule has 36 heavy (non-hydrogen) atoms. The molecular formula is C24H47N3O9. The van der Waals surface area contributed by atoms with Crippen molar-refractivity contribution < 1.29 is 44.8 Å². The highest BCUT2D eigenvalue weighted by Gasteiger charge is 2.49. The first kappa shape index (κ1) is 31.3. The van der Waals surface area contributed by atoms with E-state index in [1.807, 2.05) is 0 Å². The van der Waals surface area contributed by atoms with Crippen LogP contribution in [0, 0.1) is 0 Å². The molecule has 0 saturated carbocycles. The quantitative estimate of drug-likeness (QED) is 0.0732. The average Bonchev–Trinajstić information content (AvgIpc) is 2.87. The molecule has 0 radical (unpaired) electrons. The molecule has 10 N–H and O–H groups in total. The van der Waals surface area contributed by atoms with E-state index in [4.69, 9.17) is 25.7 Å². The molecule has 2 aliphatic heterocycles. The van der Waals surface area contributed by atoms with Crippen molar-refractivity contribution in [2.45, 2.75) is 133 Å². The predicted molar refractivity (Wildman–Crippen MR) is 132 cm³/mol. The first-order valence-corrected chi connectivity index (χ1v) is 13.2. The van der Waals surface area contributed by atoms with Crippen molar-refractivity contribution >= 4 is 5.84 Å². The van der Waals surface area contributed by atoms with Gasteiger partial charge in [-0.2, -0.15) is 0 Å². The third kappa shape index (κ3) is 9.12. The van der Waals surface area contributed by atoms with Gasteiger partial charge in [0.1, 0.15) is 48.8 Å². The molecule has 0 amide bonds. The van der Waals surface area contributed by atoms with Crippen molar-refractivity contribution in [3.8, 4) is 0 Å². The zero-order valence-electron chi connectivity index (χ0n) is 21.3. The molecule has 2 aliphatic rings. The molecule has 2 saturated heterocycles. The average molecular weight is 522 g/mol. The monoisotopic (exact) mass is 521 g/mol. The van der Waals surface area contributed by atoms with Crippen LogP contribution in [0.5, 0.6) is 0 Å². The molecule has 0 aliphatic carbocycles. The molecule has 1 unspecified atom stereocenters. The number of aliphatic hydroxyl groups is 6. The lowest BCUT2D eigenvalue weighted by atomic mass is 9.97. The number of rotatable bonds is 15. The molecule has 0 aromatic carbocycles. The van der Waals surface area contributed by atoms with E-state index in [0.29, 0.717) is 12.3 Å². The summed E-state index contributed by atoms with van der Waals surface area (Å²) < 4.78 is 16.5. The molecule has 2 fully saturated rings. The lowest BCUT2D eigenvalue weighted by Crippen LogP contribution is -2.64. The Morgan fingerprint density at radius 1 is 0.694 bits per heavy atom. The van der Waals surface area contributed by atoms with Gasteiger partial charge in [-0.3, -0.25) is 4.99 Å². The van der Waals surface area contributed by atoms with Crippen LogP contribution in [0.2, 0.25) is 0 Å². The Morgan fingerprint density at radius 3 is 1.69 bits per heavy atom. The Balaban J connectivity index is 1.81. The number of ether oxygens (including phenoxy) is 3. The fourth-order valence-corrected chi connectivity index (χ4v) is 4.44. The molecule has 0 bridgehead atoms. The van der Waals surface area contributed by atoms with E-state index < -0.39 is 61.4 Å². The van der Waals surface area contributed by atoms with Crippen molar-refractivity contribution in [1.29, 1.82) is 0 Å². The minimum Gasteiger partial charge on any atom is -0.388 e. The number of aliphatic hydroxyl groups excluding tert-OH is 6. The van der Waals surface area contributed by atoms with Crippen LogP contribution in [0.25, 0.3) is 0 Å². The minimum atomic E-state index is -1.67. The van der Waals surface area contributed by atoms with E-state index in [-0.39, 0.29) is 13.1 Å². The van der Waals surface area contributed by atoms with E-state index in [1.165, 1.54) is 38.5 Å². The van der Waals surface area contributed by atoms with Crippen LogP contribution in [0.3, 0.4) is 0 Å². The van der Waals surface area contributed by atoms with Gasteiger partial charge >= 0.3 is 0 Å². The summed E-state index contributed by atoms with van der Waals surface area (Å²) in [5.41, 5.74) is 11.5. The maximum absolute atomic E-state index is 10.3. The topological polar surface area (TPSA) is 213 Å². The van der Waals surface area contributed by atoms with Crippen molar-refractivity contribution in [3.05, 3.63) is 0 Å². The van der Waals surface area contributed by atoms with Gasteiger partial charge < -0.3 is 56.3 Å². The fourth-order valence-electron chi connectivity index (χ4n) is 4.44. The Kier molecular flexibility index (Phi) is 14.0. The normalized spacial score (nSPS) is 37.8. The second-order valence-corrected chi connectivity index (χ2v) is 9.81. The summed E-state index contributed by atoms with van der Waals surface area (Å²) in [6.07, 6.45) is -3.19. The van der Waals surface area contributed by atoms with E-state index in [0.717, 1.165) is 19.3 Å².